The number of carbonyl (C=O) groups is 2. The van der Waals surface area contributed by atoms with E-state index in [1.807, 2.05) is 0 Å². The number of rotatable bonds is 5. The first-order chi connectivity index (χ1) is 9.56. The number of carboxylic acids is 1. The highest BCUT2D eigenvalue weighted by Crippen LogP contribution is 2.21. The molecule has 0 radical (unpaired) electrons. The van der Waals surface area contributed by atoms with Crippen LogP contribution < -0.4 is 5.32 Å². The average molecular weight is 277 g/mol. The van der Waals surface area contributed by atoms with Gasteiger partial charge in [-0.1, -0.05) is 24.5 Å². The molecule has 0 heterocycles. The zero-order valence-corrected chi connectivity index (χ0v) is 11.5. The Labute approximate surface area is 117 Å². The molecule has 108 valence electrons. The number of anilines is 1. The molecule has 0 aromatic heterocycles. The van der Waals surface area contributed by atoms with Crippen LogP contribution in [0.4, 0.5) is 5.69 Å². The van der Waals surface area contributed by atoms with E-state index in [1.54, 1.807) is 19.1 Å². The molecule has 1 saturated carbocycles. The molecule has 0 saturated heterocycles. The van der Waals surface area contributed by atoms with E-state index >= 15 is 0 Å². The maximum absolute atomic E-state index is 11.8. The van der Waals surface area contributed by atoms with Gasteiger partial charge in [0, 0.05) is 0 Å². The summed E-state index contributed by atoms with van der Waals surface area (Å²) in [5.41, 5.74) is 1.24. The standard InChI is InChI=1S/C15H19NO4/c1-10-6-7-13(12(8-10)15(18)19)16-14(17)9-20-11-4-2-3-5-11/h6-8,11H,2-5,9H2,1H3,(H,16,17)(H,18,19). The molecule has 20 heavy (non-hydrogen) atoms. The Morgan fingerprint density at radius 1 is 1.35 bits per heavy atom. The van der Waals surface area contributed by atoms with Gasteiger partial charge in [0.2, 0.25) is 5.91 Å². The topological polar surface area (TPSA) is 75.6 Å². The predicted octanol–water partition coefficient (Wildman–Crippen LogP) is 2.59. The third-order valence-electron chi connectivity index (χ3n) is 3.43. The van der Waals surface area contributed by atoms with Gasteiger partial charge in [0.1, 0.15) is 6.61 Å². The van der Waals surface area contributed by atoms with Crippen LogP contribution in [0.2, 0.25) is 0 Å². The summed E-state index contributed by atoms with van der Waals surface area (Å²) in [6.45, 7) is 1.78. The zero-order chi connectivity index (χ0) is 14.5. The second-order valence-electron chi connectivity index (χ2n) is 5.12. The van der Waals surface area contributed by atoms with E-state index in [0.717, 1.165) is 31.2 Å². The number of aromatic carboxylic acids is 1. The smallest absolute Gasteiger partial charge is 0.337 e. The number of carbonyl (C=O) groups excluding carboxylic acids is 1. The molecule has 1 fully saturated rings. The van der Waals surface area contributed by atoms with Gasteiger partial charge >= 0.3 is 5.97 Å². The first kappa shape index (κ1) is 14.5. The van der Waals surface area contributed by atoms with Crippen molar-refractivity contribution in [1.82, 2.24) is 0 Å². The fourth-order valence-electron chi connectivity index (χ4n) is 2.38. The summed E-state index contributed by atoms with van der Waals surface area (Å²) in [5.74, 6) is -1.37. The van der Waals surface area contributed by atoms with Crippen LogP contribution in [-0.4, -0.2) is 29.7 Å². The molecule has 1 aliphatic carbocycles. The average Bonchev–Trinajstić information content (AvgIpc) is 2.91. The highest BCUT2D eigenvalue weighted by atomic mass is 16.5. The second-order valence-corrected chi connectivity index (χ2v) is 5.12. The third-order valence-corrected chi connectivity index (χ3v) is 3.43. The van der Waals surface area contributed by atoms with Crippen LogP contribution in [0.25, 0.3) is 0 Å². The lowest BCUT2D eigenvalue weighted by Gasteiger charge is -2.12. The molecule has 0 atom stereocenters. The lowest BCUT2D eigenvalue weighted by Crippen LogP contribution is -2.23. The van der Waals surface area contributed by atoms with Gasteiger partial charge in [-0.05, 0) is 31.9 Å². The Morgan fingerprint density at radius 2 is 2.05 bits per heavy atom. The molecular weight excluding hydrogens is 258 g/mol. The van der Waals surface area contributed by atoms with Crippen molar-refractivity contribution in [2.75, 3.05) is 11.9 Å². The summed E-state index contributed by atoms with van der Waals surface area (Å²) in [6.07, 6.45) is 4.45. The van der Waals surface area contributed by atoms with E-state index in [0.29, 0.717) is 5.69 Å². The van der Waals surface area contributed by atoms with Crippen LogP contribution in [-0.2, 0) is 9.53 Å². The summed E-state index contributed by atoms with van der Waals surface area (Å²) in [5, 5.41) is 11.7. The van der Waals surface area contributed by atoms with Gasteiger partial charge in [0.05, 0.1) is 17.4 Å². The maximum atomic E-state index is 11.8. The Hall–Kier alpha value is -1.88. The van der Waals surface area contributed by atoms with Crippen molar-refractivity contribution in [2.24, 2.45) is 0 Å². The summed E-state index contributed by atoms with van der Waals surface area (Å²) < 4.78 is 5.50. The van der Waals surface area contributed by atoms with Crippen LogP contribution in [0.5, 0.6) is 0 Å². The zero-order valence-electron chi connectivity index (χ0n) is 11.5. The van der Waals surface area contributed by atoms with Crippen LogP contribution in [0, 0.1) is 6.92 Å². The van der Waals surface area contributed by atoms with Crippen molar-refractivity contribution in [3.05, 3.63) is 29.3 Å². The van der Waals surface area contributed by atoms with Gasteiger partial charge in [-0.25, -0.2) is 4.79 Å². The number of benzene rings is 1. The summed E-state index contributed by atoms with van der Waals surface area (Å²) >= 11 is 0. The number of amides is 1. The maximum Gasteiger partial charge on any atom is 0.337 e. The van der Waals surface area contributed by atoms with Crippen molar-refractivity contribution in [2.45, 2.75) is 38.7 Å². The van der Waals surface area contributed by atoms with Gasteiger partial charge in [-0.15, -0.1) is 0 Å². The summed E-state index contributed by atoms with van der Waals surface area (Å²) in [6, 6.07) is 4.90. The molecule has 1 aromatic carbocycles. The fourth-order valence-corrected chi connectivity index (χ4v) is 2.38. The number of hydrogen-bond acceptors (Lipinski definition) is 3. The molecule has 1 aromatic rings. The van der Waals surface area contributed by atoms with Gasteiger partial charge in [-0.2, -0.15) is 0 Å². The summed E-state index contributed by atoms with van der Waals surface area (Å²) in [7, 11) is 0. The number of nitrogens with one attached hydrogen (secondary N) is 1. The molecule has 0 bridgehead atoms. The minimum Gasteiger partial charge on any atom is -0.478 e. The van der Waals surface area contributed by atoms with Gasteiger partial charge < -0.3 is 15.2 Å². The number of carboxylic acid groups (broad SMARTS) is 1. The molecule has 5 nitrogen and oxygen atoms in total. The minimum atomic E-state index is -1.05. The largest absolute Gasteiger partial charge is 0.478 e. The molecule has 1 amide bonds. The Balaban J connectivity index is 1.94. The van der Waals surface area contributed by atoms with Crippen LogP contribution >= 0.6 is 0 Å². The normalized spacial score (nSPS) is 15.2. The Bertz CT molecular complexity index is 507. The van der Waals surface area contributed by atoms with Crippen molar-refractivity contribution in [1.29, 1.82) is 0 Å². The summed E-state index contributed by atoms with van der Waals surface area (Å²) in [4.78, 5) is 22.9. The first-order valence-electron chi connectivity index (χ1n) is 6.81. The van der Waals surface area contributed by atoms with Crippen LogP contribution in [0.1, 0.15) is 41.6 Å². The van der Waals surface area contributed by atoms with E-state index in [1.165, 1.54) is 6.07 Å². The molecule has 0 unspecified atom stereocenters. The molecule has 2 N–H and O–H groups in total. The lowest BCUT2D eigenvalue weighted by atomic mass is 10.1. The quantitative estimate of drug-likeness (QED) is 0.867. The number of aryl methyl sites for hydroxylation is 1. The molecular formula is C15H19NO4. The Kier molecular flexibility index (Phi) is 4.74. The van der Waals surface area contributed by atoms with E-state index in [-0.39, 0.29) is 24.2 Å². The van der Waals surface area contributed by atoms with Gasteiger partial charge in [-0.3, -0.25) is 4.79 Å². The van der Waals surface area contributed by atoms with E-state index in [2.05, 4.69) is 5.32 Å². The van der Waals surface area contributed by atoms with Gasteiger partial charge in [0.15, 0.2) is 0 Å². The molecule has 0 aliphatic heterocycles. The third kappa shape index (κ3) is 3.81. The second kappa shape index (κ2) is 6.52. The minimum absolute atomic E-state index is 0.0302. The molecule has 0 spiro atoms. The SMILES string of the molecule is Cc1ccc(NC(=O)COC2CCCC2)c(C(=O)O)c1. The molecule has 5 heteroatoms. The highest BCUT2D eigenvalue weighted by Gasteiger charge is 2.17. The monoisotopic (exact) mass is 277 g/mol. The Morgan fingerprint density at radius 3 is 2.70 bits per heavy atom. The van der Waals surface area contributed by atoms with Crippen molar-refractivity contribution < 1.29 is 19.4 Å². The van der Waals surface area contributed by atoms with Gasteiger partial charge in [0.25, 0.3) is 0 Å². The first-order valence-corrected chi connectivity index (χ1v) is 6.81. The molecule has 1 aliphatic rings. The fraction of sp³-hybridized carbons (Fsp3) is 0.467. The van der Waals surface area contributed by atoms with Crippen molar-refractivity contribution >= 4 is 17.6 Å². The highest BCUT2D eigenvalue weighted by molar-refractivity contribution is 6.01. The van der Waals surface area contributed by atoms with Crippen LogP contribution in [0.15, 0.2) is 18.2 Å². The van der Waals surface area contributed by atoms with Crippen molar-refractivity contribution in [3.63, 3.8) is 0 Å². The lowest BCUT2D eigenvalue weighted by molar-refractivity contribution is -0.122. The number of hydrogen-bond donors (Lipinski definition) is 2. The van der Waals surface area contributed by atoms with E-state index in [4.69, 9.17) is 9.84 Å². The predicted molar refractivity (Wildman–Crippen MR) is 75.0 cm³/mol. The van der Waals surface area contributed by atoms with Crippen LogP contribution in [0.3, 0.4) is 0 Å². The van der Waals surface area contributed by atoms with Crippen molar-refractivity contribution in [3.8, 4) is 0 Å². The molecule has 2 rings (SSSR count). The van der Waals surface area contributed by atoms with E-state index in [9.17, 15) is 9.59 Å². The number of ether oxygens (including phenoxy) is 1. The van der Waals surface area contributed by atoms with E-state index < -0.39 is 5.97 Å².